The van der Waals surface area contributed by atoms with Gasteiger partial charge in [0.2, 0.25) is 11.7 Å². The van der Waals surface area contributed by atoms with Crippen molar-refractivity contribution >= 4 is 5.91 Å². The average Bonchev–Trinajstić information content (AvgIpc) is 3.46. The minimum atomic E-state index is -0.117. The second kappa shape index (κ2) is 8.60. The molecular formula is C22H21N5O3. The van der Waals surface area contributed by atoms with Crippen LogP contribution in [0.3, 0.4) is 0 Å². The summed E-state index contributed by atoms with van der Waals surface area (Å²) < 4.78 is 12.4. The van der Waals surface area contributed by atoms with Crippen molar-refractivity contribution in [2.24, 2.45) is 0 Å². The van der Waals surface area contributed by atoms with Gasteiger partial charge in [-0.2, -0.15) is 4.98 Å². The van der Waals surface area contributed by atoms with Crippen LogP contribution < -0.4 is 4.74 Å². The third-order valence-corrected chi connectivity index (χ3v) is 4.66. The van der Waals surface area contributed by atoms with E-state index in [9.17, 15) is 4.79 Å². The van der Waals surface area contributed by atoms with Gasteiger partial charge in [0.15, 0.2) is 0 Å². The van der Waals surface area contributed by atoms with Gasteiger partial charge in [-0.25, -0.2) is 4.98 Å². The van der Waals surface area contributed by atoms with Crippen molar-refractivity contribution in [3.8, 4) is 17.1 Å². The van der Waals surface area contributed by atoms with Gasteiger partial charge in [-0.1, -0.05) is 17.3 Å². The van der Waals surface area contributed by atoms with Gasteiger partial charge in [0.05, 0.1) is 20.0 Å². The summed E-state index contributed by atoms with van der Waals surface area (Å²) in [7, 11) is 3.32. The largest absolute Gasteiger partial charge is 0.497 e. The highest BCUT2D eigenvalue weighted by molar-refractivity contribution is 5.94. The number of nitrogens with zero attached hydrogens (tertiary/aromatic N) is 5. The Balaban J connectivity index is 1.39. The van der Waals surface area contributed by atoms with Crippen molar-refractivity contribution < 1.29 is 14.1 Å². The van der Waals surface area contributed by atoms with Crippen molar-refractivity contribution in [1.82, 2.24) is 24.6 Å². The summed E-state index contributed by atoms with van der Waals surface area (Å²) in [5.41, 5.74) is 2.50. The molecule has 0 aliphatic rings. The summed E-state index contributed by atoms with van der Waals surface area (Å²) >= 11 is 0. The number of carbonyl (C=O) groups excluding carboxylic acids is 1. The zero-order valence-corrected chi connectivity index (χ0v) is 16.7. The lowest BCUT2D eigenvalue weighted by atomic mass is 10.1. The summed E-state index contributed by atoms with van der Waals surface area (Å²) in [6, 6.07) is 14.9. The first-order valence-electron chi connectivity index (χ1n) is 9.39. The number of rotatable bonds is 7. The Morgan fingerprint density at radius 1 is 1.13 bits per heavy atom. The van der Waals surface area contributed by atoms with E-state index in [-0.39, 0.29) is 12.5 Å². The molecule has 0 atom stereocenters. The lowest BCUT2D eigenvalue weighted by Crippen LogP contribution is -2.26. The number of imidazole rings is 1. The molecule has 0 aliphatic heterocycles. The first-order chi connectivity index (χ1) is 14.6. The van der Waals surface area contributed by atoms with Crippen LogP contribution in [0.15, 0.2) is 71.8 Å². The van der Waals surface area contributed by atoms with Gasteiger partial charge >= 0.3 is 0 Å². The highest BCUT2D eigenvalue weighted by atomic mass is 16.5. The van der Waals surface area contributed by atoms with Gasteiger partial charge < -0.3 is 18.7 Å². The van der Waals surface area contributed by atoms with Crippen LogP contribution in [0.1, 0.15) is 21.8 Å². The number of hydrogen-bond acceptors (Lipinski definition) is 6. The maximum Gasteiger partial charge on any atom is 0.254 e. The molecule has 0 radical (unpaired) electrons. The highest BCUT2D eigenvalue weighted by Gasteiger charge is 2.16. The Kier molecular flexibility index (Phi) is 5.56. The molecule has 8 heteroatoms. The van der Waals surface area contributed by atoms with Crippen LogP contribution in [0, 0.1) is 0 Å². The molecular weight excluding hydrogens is 382 g/mol. The van der Waals surface area contributed by atoms with Crippen LogP contribution in [0.4, 0.5) is 0 Å². The van der Waals surface area contributed by atoms with Gasteiger partial charge in [-0.15, -0.1) is 0 Å². The van der Waals surface area contributed by atoms with Crippen LogP contribution in [0.5, 0.6) is 5.75 Å². The molecule has 0 saturated carbocycles. The number of benzene rings is 2. The van der Waals surface area contributed by atoms with Crippen molar-refractivity contribution in [1.29, 1.82) is 0 Å². The quantitative estimate of drug-likeness (QED) is 0.471. The minimum Gasteiger partial charge on any atom is -0.497 e. The molecule has 0 spiro atoms. The number of amides is 1. The number of methoxy groups -OCH3 is 1. The normalized spacial score (nSPS) is 10.7. The number of aromatic nitrogens is 4. The summed E-state index contributed by atoms with van der Waals surface area (Å²) in [5, 5.41) is 4.00. The standard InChI is InChI=1S/C22H21N5O3/c1-26(14-20-24-21(25-30-20)17-7-9-19(29-2)10-8-17)22(28)18-5-3-16(4-6-18)13-27-12-11-23-15-27/h3-12,15H,13-14H2,1-2H3. The number of carbonyl (C=O) groups is 1. The predicted octanol–water partition coefficient (Wildman–Crippen LogP) is 3.26. The molecule has 0 fully saturated rings. The fourth-order valence-electron chi connectivity index (χ4n) is 3.02. The third kappa shape index (κ3) is 4.38. The Bertz CT molecular complexity index is 1100. The van der Waals surface area contributed by atoms with E-state index in [4.69, 9.17) is 9.26 Å². The van der Waals surface area contributed by atoms with E-state index in [2.05, 4.69) is 15.1 Å². The fraction of sp³-hybridized carbons (Fsp3) is 0.182. The number of hydrogen-bond donors (Lipinski definition) is 0. The van der Waals surface area contributed by atoms with E-state index in [1.54, 1.807) is 31.6 Å². The molecule has 30 heavy (non-hydrogen) atoms. The lowest BCUT2D eigenvalue weighted by Gasteiger charge is -2.15. The molecule has 8 nitrogen and oxygen atoms in total. The van der Waals surface area contributed by atoms with E-state index in [1.807, 2.05) is 59.3 Å². The Morgan fingerprint density at radius 2 is 1.90 bits per heavy atom. The zero-order valence-electron chi connectivity index (χ0n) is 16.7. The van der Waals surface area contributed by atoms with Gasteiger partial charge in [0, 0.05) is 37.1 Å². The molecule has 0 unspecified atom stereocenters. The van der Waals surface area contributed by atoms with Gasteiger partial charge in [-0.3, -0.25) is 4.79 Å². The monoisotopic (exact) mass is 403 g/mol. The van der Waals surface area contributed by atoms with Crippen molar-refractivity contribution in [2.45, 2.75) is 13.1 Å². The SMILES string of the molecule is COc1ccc(-c2noc(CN(C)C(=O)c3ccc(Cn4ccnc4)cc3)n2)cc1. The van der Waals surface area contributed by atoms with Gasteiger partial charge in [-0.05, 0) is 42.0 Å². The Labute approximate surface area is 173 Å². The smallest absolute Gasteiger partial charge is 0.254 e. The summed E-state index contributed by atoms with van der Waals surface area (Å²) in [5.74, 6) is 1.47. The second-order valence-corrected chi connectivity index (χ2v) is 6.83. The van der Waals surface area contributed by atoms with Crippen molar-refractivity contribution in [3.63, 3.8) is 0 Å². The van der Waals surface area contributed by atoms with Gasteiger partial charge in [0.25, 0.3) is 5.91 Å². The molecule has 2 aromatic heterocycles. The summed E-state index contributed by atoms with van der Waals surface area (Å²) in [4.78, 5) is 22.7. The van der Waals surface area contributed by atoms with Crippen LogP contribution in [0.2, 0.25) is 0 Å². The predicted molar refractivity (Wildman–Crippen MR) is 110 cm³/mol. The van der Waals surface area contributed by atoms with E-state index >= 15 is 0 Å². The van der Waals surface area contributed by atoms with Crippen molar-refractivity contribution in [2.75, 3.05) is 14.2 Å². The summed E-state index contributed by atoms with van der Waals surface area (Å²) in [6.45, 7) is 0.930. The zero-order chi connectivity index (χ0) is 20.9. The Morgan fingerprint density at radius 3 is 2.57 bits per heavy atom. The topological polar surface area (TPSA) is 86.3 Å². The molecule has 0 aliphatic carbocycles. The maximum absolute atomic E-state index is 12.7. The molecule has 0 bridgehead atoms. The van der Waals surface area contributed by atoms with Crippen LogP contribution in [-0.2, 0) is 13.1 Å². The second-order valence-electron chi connectivity index (χ2n) is 6.83. The third-order valence-electron chi connectivity index (χ3n) is 4.66. The molecule has 2 aromatic carbocycles. The molecule has 152 valence electrons. The fourth-order valence-corrected chi connectivity index (χ4v) is 3.02. The Hall–Kier alpha value is -3.94. The van der Waals surface area contributed by atoms with E-state index < -0.39 is 0 Å². The maximum atomic E-state index is 12.7. The average molecular weight is 403 g/mol. The first-order valence-corrected chi connectivity index (χ1v) is 9.39. The van der Waals surface area contributed by atoms with Crippen LogP contribution >= 0.6 is 0 Å². The molecule has 0 N–H and O–H groups in total. The van der Waals surface area contributed by atoms with Crippen LogP contribution in [-0.4, -0.2) is 44.7 Å². The molecule has 0 saturated heterocycles. The lowest BCUT2D eigenvalue weighted by molar-refractivity contribution is 0.0769. The van der Waals surface area contributed by atoms with E-state index in [1.165, 1.54) is 0 Å². The highest BCUT2D eigenvalue weighted by Crippen LogP contribution is 2.20. The molecule has 4 aromatic rings. The van der Waals surface area contributed by atoms with Gasteiger partial charge in [0.1, 0.15) is 5.75 Å². The number of ether oxygens (including phenoxy) is 1. The summed E-state index contributed by atoms with van der Waals surface area (Å²) in [6.07, 6.45) is 5.40. The first kappa shape index (κ1) is 19.4. The molecule has 2 heterocycles. The van der Waals surface area contributed by atoms with Crippen LogP contribution in [0.25, 0.3) is 11.4 Å². The van der Waals surface area contributed by atoms with E-state index in [0.717, 1.165) is 16.9 Å². The molecule has 4 rings (SSSR count). The van der Waals surface area contributed by atoms with Crippen molar-refractivity contribution in [3.05, 3.63) is 84.3 Å². The van der Waals surface area contributed by atoms with E-state index in [0.29, 0.717) is 23.8 Å². The molecule has 1 amide bonds. The minimum absolute atomic E-state index is 0.117.